The van der Waals surface area contributed by atoms with E-state index < -0.39 is 5.60 Å². The van der Waals surface area contributed by atoms with Gasteiger partial charge in [-0.25, -0.2) is 0 Å². The molecule has 1 atom stereocenters. The van der Waals surface area contributed by atoms with Crippen LogP contribution >= 0.6 is 0 Å². The predicted octanol–water partition coefficient (Wildman–Crippen LogP) is -0.141. The number of hydrogen-bond donors (Lipinski definition) is 2. The molecule has 2 aliphatic heterocycles. The SMILES string of the molecule is CN(CC1(O)CCOCC1)CC1(CO)CCOC1. The minimum atomic E-state index is -0.636. The smallest absolute Gasteiger partial charge is 0.0817 e. The molecule has 2 heterocycles. The third-order valence-corrected chi connectivity index (χ3v) is 4.11. The normalized spacial score (nSPS) is 32.0. The summed E-state index contributed by atoms with van der Waals surface area (Å²) in [5.74, 6) is 0. The van der Waals surface area contributed by atoms with Gasteiger partial charge in [-0.05, 0) is 13.5 Å². The van der Waals surface area contributed by atoms with Crippen LogP contribution in [0.4, 0.5) is 0 Å². The first-order chi connectivity index (χ1) is 8.58. The molecular formula is C13H25NO4. The van der Waals surface area contributed by atoms with Gasteiger partial charge in [0, 0.05) is 51.2 Å². The van der Waals surface area contributed by atoms with Gasteiger partial charge in [0.05, 0.1) is 18.8 Å². The average molecular weight is 259 g/mol. The summed E-state index contributed by atoms with van der Waals surface area (Å²) in [5, 5.41) is 20.0. The summed E-state index contributed by atoms with van der Waals surface area (Å²) in [6, 6.07) is 0. The summed E-state index contributed by atoms with van der Waals surface area (Å²) >= 11 is 0. The summed E-state index contributed by atoms with van der Waals surface area (Å²) in [4.78, 5) is 2.12. The number of aliphatic hydroxyl groups is 2. The van der Waals surface area contributed by atoms with Gasteiger partial charge in [0.25, 0.3) is 0 Å². The van der Waals surface area contributed by atoms with E-state index in [1.54, 1.807) is 0 Å². The minimum Gasteiger partial charge on any atom is -0.396 e. The molecule has 5 heteroatoms. The Morgan fingerprint density at radius 1 is 1.06 bits per heavy atom. The van der Waals surface area contributed by atoms with Gasteiger partial charge >= 0.3 is 0 Å². The summed E-state index contributed by atoms with van der Waals surface area (Å²) in [5.41, 5.74) is -0.778. The van der Waals surface area contributed by atoms with Crippen molar-refractivity contribution in [3.8, 4) is 0 Å². The Labute approximate surface area is 109 Å². The largest absolute Gasteiger partial charge is 0.396 e. The predicted molar refractivity (Wildman–Crippen MR) is 67.5 cm³/mol. The second-order valence-corrected chi connectivity index (χ2v) is 5.97. The van der Waals surface area contributed by atoms with Gasteiger partial charge in [-0.2, -0.15) is 0 Å². The number of hydrogen-bond acceptors (Lipinski definition) is 5. The molecule has 0 radical (unpaired) electrons. The number of aliphatic hydroxyl groups excluding tert-OH is 1. The van der Waals surface area contributed by atoms with Gasteiger partial charge in [-0.3, -0.25) is 0 Å². The molecule has 1 unspecified atom stereocenters. The van der Waals surface area contributed by atoms with Crippen LogP contribution in [0.15, 0.2) is 0 Å². The lowest BCUT2D eigenvalue weighted by Crippen LogP contribution is -2.49. The van der Waals surface area contributed by atoms with Crippen LogP contribution in [0.3, 0.4) is 0 Å². The third kappa shape index (κ3) is 3.42. The molecule has 2 rings (SSSR count). The highest BCUT2D eigenvalue weighted by Gasteiger charge is 2.38. The fraction of sp³-hybridized carbons (Fsp3) is 1.00. The zero-order chi connectivity index (χ0) is 13.1. The Morgan fingerprint density at radius 3 is 2.28 bits per heavy atom. The van der Waals surface area contributed by atoms with Crippen molar-refractivity contribution in [2.45, 2.75) is 24.9 Å². The van der Waals surface area contributed by atoms with Gasteiger partial charge < -0.3 is 24.6 Å². The van der Waals surface area contributed by atoms with E-state index in [1.165, 1.54) is 0 Å². The fourth-order valence-electron chi connectivity index (χ4n) is 2.99. The van der Waals surface area contributed by atoms with Crippen LogP contribution in [0, 0.1) is 5.41 Å². The Bertz CT molecular complexity index is 260. The lowest BCUT2D eigenvalue weighted by atomic mass is 9.86. The van der Waals surface area contributed by atoms with Gasteiger partial charge in [-0.15, -0.1) is 0 Å². The third-order valence-electron chi connectivity index (χ3n) is 4.11. The maximum atomic E-state index is 10.5. The molecule has 0 amide bonds. The van der Waals surface area contributed by atoms with Crippen molar-refractivity contribution in [2.24, 2.45) is 5.41 Å². The quantitative estimate of drug-likeness (QED) is 0.719. The van der Waals surface area contributed by atoms with Crippen molar-refractivity contribution in [2.75, 3.05) is 53.2 Å². The number of rotatable bonds is 5. The van der Waals surface area contributed by atoms with E-state index in [1.807, 2.05) is 7.05 Å². The van der Waals surface area contributed by atoms with E-state index in [0.717, 1.165) is 19.6 Å². The maximum Gasteiger partial charge on any atom is 0.0817 e. The lowest BCUT2D eigenvalue weighted by Gasteiger charge is -2.38. The van der Waals surface area contributed by atoms with Gasteiger partial charge in [-0.1, -0.05) is 0 Å². The van der Waals surface area contributed by atoms with Crippen LogP contribution in [0.1, 0.15) is 19.3 Å². The van der Waals surface area contributed by atoms with E-state index in [-0.39, 0.29) is 12.0 Å². The molecule has 2 saturated heterocycles. The first kappa shape index (κ1) is 14.2. The Hall–Kier alpha value is -0.200. The van der Waals surface area contributed by atoms with Crippen molar-refractivity contribution < 1.29 is 19.7 Å². The van der Waals surface area contributed by atoms with E-state index in [2.05, 4.69) is 4.90 Å². The number of ether oxygens (including phenoxy) is 2. The molecule has 0 saturated carbocycles. The minimum absolute atomic E-state index is 0.143. The zero-order valence-corrected chi connectivity index (χ0v) is 11.2. The molecule has 2 N–H and O–H groups in total. The Morgan fingerprint density at radius 2 is 1.72 bits per heavy atom. The first-order valence-electron chi connectivity index (χ1n) is 6.75. The van der Waals surface area contributed by atoms with Crippen LogP contribution in [0.5, 0.6) is 0 Å². The highest BCUT2D eigenvalue weighted by molar-refractivity contribution is 4.89. The summed E-state index contributed by atoms with van der Waals surface area (Å²) in [7, 11) is 2.00. The van der Waals surface area contributed by atoms with Crippen molar-refractivity contribution in [1.29, 1.82) is 0 Å². The topological polar surface area (TPSA) is 62.2 Å². The van der Waals surface area contributed by atoms with Crippen LogP contribution in [-0.4, -0.2) is 73.9 Å². The molecule has 2 aliphatic rings. The number of likely N-dealkylation sites (N-methyl/N-ethyl adjacent to an activating group) is 1. The summed E-state index contributed by atoms with van der Waals surface area (Å²) < 4.78 is 10.7. The zero-order valence-electron chi connectivity index (χ0n) is 11.2. The van der Waals surface area contributed by atoms with Gasteiger partial charge in [0.1, 0.15) is 0 Å². The van der Waals surface area contributed by atoms with Crippen molar-refractivity contribution in [3.63, 3.8) is 0 Å². The Balaban J connectivity index is 1.85. The first-order valence-corrected chi connectivity index (χ1v) is 6.75. The molecule has 106 valence electrons. The molecule has 0 aliphatic carbocycles. The molecular weight excluding hydrogens is 234 g/mol. The molecule has 0 spiro atoms. The van der Waals surface area contributed by atoms with Gasteiger partial charge in [0.15, 0.2) is 0 Å². The van der Waals surface area contributed by atoms with Crippen molar-refractivity contribution in [3.05, 3.63) is 0 Å². The highest BCUT2D eigenvalue weighted by atomic mass is 16.5. The van der Waals surface area contributed by atoms with Crippen LogP contribution in [-0.2, 0) is 9.47 Å². The average Bonchev–Trinajstić information content (AvgIpc) is 2.78. The second-order valence-electron chi connectivity index (χ2n) is 5.97. The standard InChI is InChI=1S/C13H25NO4/c1-14(8-12(10-15)2-5-18-11-12)9-13(16)3-6-17-7-4-13/h15-16H,2-11H2,1H3. The van der Waals surface area contributed by atoms with E-state index in [9.17, 15) is 10.2 Å². The van der Waals surface area contributed by atoms with Gasteiger partial charge in [0.2, 0.25) is 0 Å². The number of nitrogens with zero attached hydrogens (tertiary/aromatic N) is 1. The molecule has 0 aromatic rings. The Kier molecular flexibility index (Phi) is 4.61. The molecule has 2 fully saturated rings. The molecule has 5 nitrogen and oxygen atoms in total. The molecule has 0 aromatic carbocycles. The fourth-order valence-corrected chi connectivity index (χ4v) is 2.99. The lowest BCUT2D eigenvalue weighted by molar-refractivity contribution is -0.0820. The summed E-state index contributed by atoms with van der Waals surface area (Å²) in [6.45, 7) is 4.18. The van der Waals surface area contributed by atoms with Crippen LogP contribution < -0.4 is 0 Å². The summed E-state index contributed by atoms with van der Waals surface area (Å²) in [6.07, 6.45) is 2.29. The second kappa shape index (κ2) is 5.84. The van der Waals surface area contributed by atoms with Crippen molar-refractivity contribution >= 4 is 0 Å². The van der Waals surface area contributed by atoms with Crippen LogP contribution in [0.25, 0.3) is 0 Å². The van der Waals surface area contributed by atoms with E-state index >= 15 is 0 Å². The van der Waals surface area contributed by atoms with E-state index in [4.69, 9.17) is 9.47 Å². The monoisotopic (exact) mass is 259 g/mol. The van der Waals surface area contributed by atoms with E-state index in [0.29, 0.717) is 39.2 Å². The maximum absolute atomic E-state index is 10.5. The highest BCUT2D eigenvalue weighted by Crippen LogP contribution is 2.30. The van der Waals surface area contributed by atoms with Crippen molar-refractivity contribution in [1.82, 2.24) is 4.90 Å². The molecule has 0 aromatic heterocycles. The molecule has 0 bridgehead atoms. The molecule has 18 heavy (non-hydrogen) atoms. The van der Waals surface area contributed by atoms with Crippen LogP contribution in [0.2, 0.25) is 0 Å².